The van der Waals surface area contributed by atoms with Crippen LogP contribution in [0.15, 0.2) is 66.0 Å². The highest BCUT2D eigenvalue weighted by molar-refractivity contribution is 7.09. The van der Waals surface area contributed by atoms with Gasteiger partial charge in [-0.1, -0.05) is 30.3 Å². The van der Waals surface area contributed by atoms with Crippen LogP contribution in [-0.2, 0) is 17.5 Å². The Morgan fingerprint density at radius 3 is 2.31 bits per heavy atom. The number of halogens is 3. The van der Waals surface area contributed by atoms with Gasteiger partial charge in [0, 0.05) is 10.4 Å². The number of benzene rings is 2. The molecule has 0 atom stereocenters. The molecule has 0 bridgehead atoms. The molecule has 3 aromatic rings. The fourth-order valence-corrected chi connectivity index (χ4v) is 3.26. The van der Waals surface area contributed by atoms with Crippen molar-refractivity contribution in [1.82, 2.24) is 10.6 Å². The van der Waals surface area contributed by atoms with Crippen LogP contribution in [0.4, 0.5) is 13.2 Å². The van der Waals surface area contributed by atoms with Crippen molar-refractivity contribution >= 4 is 23.2 Å². The molecule has 0 radical (unpaired) electrons. The minimum Gasteiger partial charge on any atom is -0.350 e. The number of hydrogen-bond acceptors (Lipinski definition) is 3. The van der Waals surface area contributed by atoms with Crippen molar-refractivity contribution in [3.63, 3.8) is 0 Å². The first-order valence-electron chi connectivity index (χ1n) is 8.68. The SMILES string of the molecule is O=C(CNC(=O)c1cccc(-c2ccc(C(F)(F)F)cc2)c1)NCc1cccs1. The molecule has 150 valence electrons. The largest absolute Gasteiger partial charge is 0.416 e. The Hall–Kier alpha value is -3.13. The van der Waals surface area contributed by atoms with Gasteiger partial charge in [-0.2, -0.15) is 13.2 Å². The summed E-state index contributed by atoms with van der Waals surface area (Å²) in [5, 5.41) is 7.16. The molecule has 0 saturated heterocycles. The van der Waals surface area contributed by atoms with Crippen molar-refractivity contribution in [2.75, 3.05) is 6.54 Å². The number of nitrogens with one attached hydrogen (secondary N) is 2. The molecule has 0 unspecified atom stereocenters. The molecule has 1 heterocycles. The van der Waals surface area contributed by atoms with Crippen LogP contribution in [0.3, 0.4) is 0 Å². The molecule has 2 aromatic carbocycles. The van der Waals surface area contributed by atoms with E-state index in [1.807, 2.05) is 17.5 Å². The molecule has 8 heteroatoms. The smallest absolute Gasteiger partial charge is 0.350 e. The van der Waals surface area contributed by atoms with E-state index in [0.29, 0.717) is 23.2 Å². The normalized spacial score (nSPS) is 11.1. The maximum absolute atomic E-state index is 12.7. The highest BCUT2D eigenvalue weighted by Crippen LogP contribution is 2.31. The lowest BCUT2D eigenvalue weighted by Crippen LogP contribution is -2.36. The fourth-order valence-electron chi connectivity index (χ4n) is 2.62. The van der Waals surface area contributed by atoms with E-state index >= 15 is 0 Å². The predicted octanol–water partition coefficient (Wildman–Crippen LogP) is 4.48. The monoisotopic (exact) mass is 418 g/mol. The molecule has 2 N–H and O–H groups in total. The minimum absolute atomic E-state index is 0.172. The molecule has 1 aromatic heterocycles. The van der Waals surface area contributed by atoms with Crippen LogP contribution in [0.1, 0.15) is 20.8 Å². The van der Waals surface area contributed by atoms with Crippen LogP contribution in [-0.4, -0.2) is 18.4 Å². The number of amides is 2. The number of carbonyl (C=O) groups is 2. The van der Waals surface area contributed by atoms with Crippen molar-refractivity contribution in [1.29, 1.82) is 0 Å². The Morgan fingerprint density at radius 1 is 0.897 bits per heavy atom. The van der Waals surface area contributed by atoms with Gasteiger partial charge < -0.3 is 10.6 Å². The third kappa shape index (κ3) is 5.68. The van der Waals surface area contributed by atoms with E-state index in [1.54, 1.807) is 24.3 Å². The van der Waals surface area contributed by atoms with Gasteiger partial charge in [-0.05, 0) is 46.8 Å². The molecule has 0 aliphatic carbocycles. The van der Waals surface area contributed by atoms with E-state index in [4.69, 9.17) is 0 Å². The van der Waals surface area contributed by atoms with Crippen LogP contribution in [0, 0.1) is 0 Å². The van der Waals surface area contributed by atoms with E-state index < -0.39 is 17.6 Å². The molecule has 0 spiro atoms. The van der Waals surface area contributed by atoms with Crippen molar-refractivity contribution in [3.8, 4) is 11.1 Å². The second-order valence-electron chi connectivity index (χ2n) is 6.19. The molecule has 4 nitrogen and oxygen atoms in total. The molecule has 2 amide bonds. The second-order valence-corrected chi connectivity index (χ2v) is 7.23. The van der Waals surface area contributed by atoms with E-state index in [2.05, 4.69) is 10.6 Å². The van der Waals surface area contributed by atoms with Gasteiger partial charge in [-0.25, -0.2) is 0 Å². The number of hydrogen-bond donors (Lipinski definition) is 2. The maximum Gasteiger partial charge on any atom is 0.416 e. The predicted molar refractivity (Wildman–Crippen MR) is 105 cm³/mol. The van der Waals surface area contributed by atoms with Gasteiger partial charge >= 0.3 is 6.18 Å². The Morgan fingerprint density at radius 2 is 1.66 bits per heavy atom. The van der Waals surface area contributed by atoms with Crippen molar-refractivity contribution < 1.29 is 22.8 Å². The average Bonchev–Trinajstić information content (AvgIpc) is 3.24. The van der Waals surface area contributed by atoms with E-state index in [9.17, 15) is 22.8 Å². The molecular formula is C21H17F3N2O2S. The first-order chi connectivity index (χ1) is 13.8. The zero-order valence-electron chi connectivity index (χ0n) is 15.1. The van der Waals surface area contributed by atoms with Crippen LogP contribution in [0.2, 0.25) is 0 Å². The third-order valence-corrected chi connectivity index (χ3v) is 5.00. The Kier molecular flexibility index (Phi) is 6.33. The van der Waals surface area contributed by atoms with Gasteiger partial charge in [0.2, 0.25) is 5.91 Å². The number of rotatable bonds is 6. The zero-order chi connectivity index (χ0) is 20.9. The highest BCUT2D eigenvalue weighted by Gasteiger charge is 2.29. The van der Waals surface area contributed by atoms with Gasteiger partial charge in [0.1, 0.15) is 0 Å². The van der Waals surface area contributed by atoms with Crippen LogP contribution >= 0.6 is 11.3 Å². The van der Waals surface area contributed by atoms with E-state index in [-0.39, 0.29) is 12.5 Å². The second kappa shape index (κ2) is 8.91. The molecule has 0 aliphatic heterocycles. The van der Waals surface area contributed by atoms with E-state index in [1.165, 1.54) is 23.5 Å². The van der Waals surface area contributed by atoms with Gasteiger partial charge in [-0.3, -0.25) is 9.59 Å². The summed E-state index contributed by atoms with van der Waals surface area (Å²) in [4.78, 5) is 25.2. The topological polar surface area (TPSA) is 58.2 Å². The summed E-state index contributed by atoms with van der Waals surface area (Å²) in [7, 11) is 0. The van der Waals surface area contributed by atoms with Crippen molar-refractivity contribution in [3.05, 3.63) is 82.0 Å². The Labute approximate surface area is 169 Å². The molecule has 29 heavy (non-hydrogen) atoms. The van der Waals surface area contributed by atoms with Crippen LogP contribution < -0.4 is 10.6 Å². The standard InChI is InChI=1S/C21H17F3N2O2S/c22-21(23,24)17-8-6-14(7-9-17)15-3-1-4-16(11-15)20(28)26-13-19(27)25-12-18-5-2-10-29-18/h1-11H,12-13H2,(H,25,27)(H,26,28). The Bertz CT molecular complexity index is 984. The Balaban J connectivity index is 1.59. The van der Waals surface area contributed by atoms with Gasteiger partial charge in [0.25, 0.3) is 5.91 Å². The van der Waals surface area contributed by atoms with Gasteiger partial charge in [0.05, 0.1) is 18.7 Å². The highest BCUT2D eigenvalue weighted by atomic mass is 32.1. The summed E-state index contributed by atoms with van der Waals surface area (Å²) in [6.45, 7) is 0.227. The van der Waals surface area contributed by atoms with E-state index in [0.717, 1.165) is 17.0 Å². The molecule has 0 fully saturated rings. The number of thiophene rings is 1. The van der Waals surface area contributed by atoms with Gasteiger partial charge in [-0.15, -0.1) is 11.3 Å². The summed E-state index contributed by atoms with van der Waals surface area (Å²) >= 11 is 1.52. The minimum atomic E-state index is -4.40. The first kappa shape index (κ1) is 20.6. The fraction of sp³-hybridized carbons (Fsp3) is 0.143. The number of carbonyl (C=O) groups excluding carboxylic acids is 2. The summed E-state index contributed by atoms with van der Waals surface area (Å²) in [5.41, 5.74) is 0.743. The molecular weight excluding hydrogens is 401 g/mol. The summed E-state index contributed by atoms with van der Waals surface area (Å²) in [6, 6.07) is 15.0. The van der Waals surface area contributed by atoms with Crippen LogP contribution in [0.25, 0.3) is 11.1 Å². The molecule has 0 aliphatic rings. The number of alkyl halides is 3. The average molecular weight is 418 g/mol. The first-order valence-corrected chi connectivity index (χ1v) is 9.56. The molecule has 0 saturated carbocycles. The maximum atomic E-state index is 12.7. The third-order valence-electron chi connectivity index (χ3n) is 4.12. The summed E-state index contributed by atoms with van der Waals surface area (Å²) in [6.07, 6.45) is -4.40. The lowest BCUT2D eigenvalue weighted by Gasteiger charge is -2.09. The van der Waals surface area contributed by atoms with Gasteiger partial charge in [0.15, 0.2) is 0 Å². The van der Waals surface area contributed by atoms with Crippen LogP contribution in [0.5, 0.6) is 0 Å². The molecule has 3 rings (SSSR count). The van der Waals surface area contributed by atoms with Crippen molar-refractivity contribution in [2.24, 2.45) is 0 Å². The zero-order valence-corrected chi connectivity index (χ0v) is 15.9. The summed E-state index contributed by atoms with van der Waals surface area (Å²) in [5.74, 6) is -0.754. The summed E-state index contributed by atoms with van der Waals surface area (Å²) < 4.78 is 38.1. The van der Waals surface area contributed by atoms with Crippen molar-refractivity contribution in [2.45, 2.75) is 12.7 Å². The lowest BCUT2D eigenvalue weighted by atomic mass is 10.0. The quantitative estimate of drug-likeness (QED) is 0.620. The lowest BCUT2D eigenvalue weighted by molar-refractivity contribution is -0.137.